The molecule has 2 rings (SSSR count). The molecular formula is C14H15BrN2O2S. The number of methoxy groups -OCH3 is 1. The van der Waals surface area contributed by atoms with Crippen molar-refractivity contribution in [1.29, 1.82) is 0 Å². The summed E-state index contributed by atoms with van der Waals surface area (Å²) in [6.45, 7) is 2.48. The van der Waals surface area contributed by atoms with Crippen molar-refractivity contribution in [2.24, 2.45) is 0 Å². The molecule has 2 aromatic heterocycles. The number of amides is 1. The summed E-state index contributed by atoms with van der Waals surface area (Å²) in [4.78, 5) is 18.3. The second-order valence-corrected chi connectivity index (χ2v) is 6.51. The lowest BCUT2D eigenvalue weighted by Gasteiger charge is -2.14. The third-order valence-corrected chi connectivity index (χ3v) is 4.30. The molecule has 20 heavy (non-hydrogen) atoms. The van der Waals surface area contributed by atoms with Crippen molar-refractivity contribution in [1.82, 2.24) is 10.3 Å². The van der Waals surface area contributed by atoms with Crippen LogP contribution in [0, 0.1) is 6.92 Å². The summed E-state index contributed by atoms with van der Waals surface area (Å²) in [6, 6.07) is 5.81. The molecule has 4 nitrogen and oxygen atoms in total. The Morgan fingerprint density at radius 3 is 2.90 bits per heavy atom. The van der Waals surface area contributed by atoms with E-state index in [1.807, 2.05) is 19.1 Å². The maximum absolute atomic E-state index is 12.0. The number of nitrogens with one attached hydrogen (secondary N) is 1. The first-order valence-corrected chi connectivity index (χ1v) is 7.69. The fourth-order valence-corrected chi connectivity index (χ4v) is 3.07. The number of aryl methyl sites for hydroxylation is 1. The first-order chi connectivity index (χ1) is 9.60. The first kappa shape index (κ1) is 15.2. The Morgan fingerprint density at radius 2 is 2.30 bits per heavy atom. The van der Waals surface area contributed by atoms with Gasteiger partial charge in [-0.3, -0.25) is 9.78 Å². The Labute approximate surface area is 130 Å². The van der Waals surface area contributed by atoms with Gasteiger partial charge in [0.1, 0.15) is 6.10 Å². The molecule has 0 aromatic carbocycles. The van der Waals surface area contributed by atoms with E-state index in [2.05, 4.69) is 26.2 Å². The maximum Gasteiger partial charge on any atom is 0.252 e. The zero-order valence-electron chi connectivity index (χ0n) is 11.2. The van der Waals surface area contributed by atoms with Gasteiger partial charge in [0.15, 0.2) is 0 Å². The van der Waals surface area contributed by atoms with Gasteiger partial charge >= 0.3 is 0 Å². The quantitative estimate of drug-likeness (QED) is 0.895. The summed E-state index contributed by atoms with van der Waals surface area (Å²) in [5, 5.41) is 2.87. The van der Waals surface area contributed by atoms with E-state index in [4.69, 9.17) is 4.74 Å². The number of ether oxygens (including phenoxy) is 1. The van der Waals surface area contributed by atoms with Crippen LogP contribution in [-0.2, 0) is 4.74 Å². The van der Waals surface area contributed by atoms with E-state index in [1.165, 1.54) is 11.1 Å². The molecule has 0 spiro atoms. The van der Waals surface area contributed by atoms with Gasteiger partial charge in [0.25, 0.3) is 5.91 Å². The Kier molecular flexibility index (Phi) is 5.28. The summed E-state index contributed by atoms with van der Waals surface area (Å²) < 4.78 is 6.21. The van der Waals surface area contributed by atoms with Crippen molar-refractivity contribution in [3.8, 4) is 0 Å². The number of aromatic nitrogens is 1. The van der Waals surface area contributed by atoms with Gasteiger partial charge in [-0.2, -0.15) is 0 Å². The van der Waals surface area contributed by atoms with Gasteiger partial charge in [0.05, 0.1) is 5.56 Å². The lowest BCUT2D eigenvalue weighted by molar-refractivity contribution is 0.0837. The highest BCUT2D eigenvalue weighted by molar-refractivity contribution is 9.10. The lowest BCUT2D eigenvalue weighted by Crippen LogP contribution is -2.28. The van der Waals surface area contributed by atoms with E-state index in [-0.39, 0.29) is 12.0 Å². The minimum Gasteiger partial charge on any atom is -0.374 e. The van der Waals surface area contributed by atoms with Crippen molar-refractivity contribution >= 4 is 33.2 Å². The zero-order chi connectivity index (χ0) is 14.5. The average Bonchev–Trinajstić information content (AvgIpc) is 2.86. The topological polar surface area (TPSA) is 51.2 Å². The minimum absolute atomic E-state index is 0.127. The largest absolute Gasteiger partial charge is 0.374 e. The molecule has 0 fully saturated rings. The van der Waals surface area contributed by atoms with Crippen LogP contribution in [0.2, 0.25) is 0 Å². The van der Waals surface area contributed by atoms with E-state index < -0.39 is 0 Å². The van der Waals surface area contributed by atoms with Crippen LogP contribution in [0.5, 0.6) is 0 Å². The molecule has 0 bridgehead atoms. The van der Waals surface area contributed by atoms with E-state index in [9.17, 15) is 4.79 Å². The number of carbonyl (C=O) groups is 1. The van der Waals surface area contributed by atoms with Crippen LogP contribution in [0.3, 0.4) is 0 Å². The highest BCUT2D eigenvalue weighted by Crippen LogP contribution is 2.24. The van der Waals surface area contributed by atoms with Crippen molar-refractivity contribution in [3.63, 3.8) is 0 Å². The third kappa shape index (κ3) is 3.88. The van der Waals surface area contributed by atoms with E-state index in [1.54, 1.807) is 30.7 Å². The number of hydrogen-bond acceptors (Lipinski definition) is 4. The predicted octanol–water partition coefficient (Wildman–Crippen LogP) is 3.33. The normalized spacial score (nSPS) is 12.2. The highest BCUT2D eigenvalue weighted by Gasteiger charge is 2.15. The molecule has 106 valence electrons. The lowest BCUT2D eigenvalue weighted by atomic mass is 10.2. The molecule has 0 aliphatic carbocycles. The second kappa shape index (κ2) is 6.97. The number of thiophene rings is 1. The molecule has 1 atom stereocenters. The third-order valence-electron chi connectivity index (χ3n) is 2.78. The van der Waals surface area contributed by atoms with Gasteiger partial charge < -0.3 is 10.1 Å². The smallest absolute Gasteiger partial charge is 0.252 e. The van der Waals surface area contributed by atoms with Crippen LogP contribution < -0.4 is 5.32 Å². The van der Waals surface area contributed by atoms with E-state index >= 15 is 0 Å². The van der Waals surface area contributed by atoms with Crippen LogP contribution in [0.25, 0.3) is 0 Å². The molecule has 1 N–H and O–H groups in total. The average molecular weight is 355 g/mol. The molecule has 6 heteroatoms. The second-order valence-electron chi connectivity index (χ2n) is 4.27. The number of pyridine rings is 1. The van der Waals surface area contributed by atoms with Crippen molar-refractivity contribution < 1.29 is 9.53 Å². The van der Waals surface area contributed by atoms with E-state index in [0.29, 0.717) is 12.1 Å². The Bertz CT molecular complexity index is 600. The van der Waals surface area contributed by atoms with Crippen molar-refractivity contribution in [2.75, 3.05) is 13.7 Å². The molecule has 2 aromatic rings. The number of carbonyl (C=O) groups excluding carboxylic acids is 1. The van der Waals surface area contributed by atoms with Gasteiger partial charge in [-0.25, -0.2) is 0 Å². The predicted molar refractivity (Wildman–Crippen MR) is 83.1 cm³/mol. The van der Waals surface area contributed by atoms with Crippen LogP contribution in [0.1, 0.15) is 26.2 Å². The van der Waals surface area contributed by atoms with Crippen LogP contribution in [-0.4, -0.2) is 24.5 Å². The fourth-order valence-electron chi connectivity index (χ4n) is 1.75. The van der Waals surface area contributed by atoms with Gasteiger partial charge in [-0.15, -0.1) is 11.3 Å². The Balaban J connectivity index is 1.98. The summed E-state index contributed by atoms with van der Waals surface area (Å²) in [5.41, 5.74) is 0.525. The molecule has 1 amide bonds. The van der Waals surface area contributed by atoms with Gasteiger partial charge in [-0.05, 0) is 41.1 Å². The first-order valence-electron chi connectivity index (χ1n) is 6.08. The van der Waals surface area contributed by atoms with Crippen LogP contribution in [0.4, 0.5) is 0 Å². The van der Waals surface area contributed by atoms with Crippen LogP contribution in [0.15, 0.2) is 35.1 Å². The highest BCUT2D eigenvalue weighted by atomic mass is 79.9. The van der Waals surface area contributed by atoms with Gasteiger partial charge in [0.2, 0.25) is 0 Å². The van der Waals surface area contributed by atoms with Gasteiger partial charge in [0, 0.05) is 40.3 Å². The molecular weight excluding hydrogens is 340 g/mol. The SMILES string of the molecule is COC(CNC(=O)c1cncc(Br)c1)c1ccc(C)s1. The van der Waals surface area contributed by atoms with Gasteiger partial charge in [-0.1, -0.05) is 0 Å². The number of nitrogens with zero attached hydrogens (tertiary/aromatic N) is 1. The fraction of sp³-hybridized carbons (Fsp3) is 0.286. The van der Waals surface area contributed by atoms with Crippen molar-refractivity contribution in [2.45, 2.75) is 13.0 Å². The summed E-state index contributed by atoms with van der Waals surface area (Å²) >= 11 is 4.97. The molecule has 0 saturated heterocycles. The molecule has 0 aliphatic rings. The molecule has 0 saturated carbocycles. The molecule has 0 radical (unpaired) electrons. The zero-order valence-corrected chi connectivity index (χ0v) is 13.6. The standard InChI is InChI=1S/C14H15BrN2O2S/c1-9-3-4-13(20-9)12(19-2)8-17-14(18)10-5-11(15)7-16-6-10/h3-7,12H,8H2,1-2H3,(H,17,18). The Morgan fingerprint density at radius 1 is 1.50 bits per heavy atom. The number of hydrogen-bond donors (Lipinski definition) is 1. The van der Waals surface area contributed by atoms with E-state index in [0.717, 1.165) is 9.35 Å². The van der Waals surface area contributed by atoms with Crippen LogP contribution >= 0.6 is 27.3 Å². The summed E-state index contributed by atoms with van der Waals surface area (Å²) in [5.74, 6) is -0.158. The Hall–Kier alpha value is -1.24. The summed E-state index contributed by atoms with van der Waals surface area (Å²) in [6.07, 6.45) is 3.05. The molecule has 2 heterocycles. The number of rotatable bonds is 5. The number of halogens is 1. The molecule has 0 aliphatic heterocycles. The summed E-state index contributed by atoms with van der Waals surface area (Å²) in [7, 11) is 1.65. The minimum atomic E-state index is -0.158. The molecule has 1 unspecified atom stereocenters. The maximum atomic E-state index is 12.0. The van der Waals surface area contributed by atoms with Crippen molar-refractivity contribution in [3.05, 3.63) is 50.4 Å². The monoisotopic (exact) mass is 354 g/mol.